The van der Waals surface area contributed by atoms with Crippen LogP contribution in [0.4, 0.5) is 5.69 Å². The molecule has 0 radical (unpaired) electrons. The number of anilines is 1. The van der Waals surface area contributed by atoms with Crippen molar-refractivity contribution in [3.63, 3.8) is 0 Å². The Morgan fingerprint density at radius 1 is 1.06 bits per heavy atom. The van der Waals surface area contributed by atoms with Gasteiger partial charge in [0.05, 0.1) is 48.1 Å². The van der Waals surface area contributed by atoms with Gasteiger partial charge >= 0.3 is 0 Å². The summed E-state index contributed by atoms with van der Waals surface area (Å²) in [4.78, 5) is 31.7. The van der Waals surface area contributed by atoms with E-state index in [9.17, 15) is 14.7 Å². The first-order chi connectivity index (χ1) is 16.4. The van der Waals surface area contributed by atoms with Crippen LogP contribution in [0.25, 0.3) is 5.76 Å². The summed E-state index contributed by atoms with van der Waals surface area (Å²) >= 11 is 6.19. The average Bonchev–Trinajstić information content (AvgIpc) is 3.14. The molecule has 1 fully saturated rings. The van der Waals surface area contributed by atoms with Crippen molar-refractivity contribution in [3.05, 3.63) is 88.2 Å². The Bertz CT molecular complexity index is 1350. The smallest absolute Gasteiger partial charge is 0.300 e. The van der Waals surface area contributed by atoms with Crippen molar-refractivity contribution in [2.45, 2.75) is 6.04 Å². The van der Waals surface area contributed by atoms with Crippen LogP contribution in [0, 0.1) is 11.3 Å². The van der Waals surface area contributed by atoms with Gasteiger partial charge in [-0.1, -0.05) is 11.6 Å². The second-order valence-corrected chi connectivity index (χ2v) is 7.70. The number of Topliss-reactive ketones (excluding diaryl/α,β-unsaturated/α-hetero) is 1. The van der Waals surface area contributed by atoms with Gasteiger partial charge in [-0.2, -0.15) is 5.26 Å². The largest absolute Gasteiger partial charge is 0.507 e. The van der Waals surface area contributed by atoms with Crippen molar-refractivity contribution >= 4 is 34.7 Å². The first kappa shape index (κ1) is 22.8. The molecule has 1 saturated heterocycles. The Hall–Kier alpha value is -4.35. The van der Waals surface area contributed by atoms with Gasteiger partial charge in [-0.05, 0) is 48.0 Å². The summed E-state index contributed by atoms with van der Waals surface area (Å²) in [6.07, 6.45) is 3.06. The van der Waals surface area contributed by atoms with Crippen LogP contribution >= 0.6 is 11.6 Å². The lowest BCUT2D eigenvalue weighted by Crippen LogP contribution is -2.29. The molecule has 4 rings (SSSR count). The molecule has 1 atom stereocenters. The molecule has 170 valence electrons. The van der Waals surface area contributed by atoms with Crippen LogP contribution in [0.1, 0.15) is 22.7 Å². The zero-order valence-corrected chi connectivity index (χ0v) is 18.9. The van der Waals surface area contributed by atoms with Crippen LogP contribution in [0.2, 0.25) is 5.02 Å². The van der Waals surface area contributed by atoms with Crippen LogP contribution in [0.3, 0.4) is 0 Å². The number of rotatable bonds is 5. The Kier molecular flexibility index (Phi) is 6.21. The predicted octanol–water partition coefficient (Wildman–Crippen LogP) is 4.25. The van der Waals surface area contributed by atoms with Crippen molar-refractivity contribution in [1.29, 1.82) is 5.26 Å². The predicted molar refractivity (Wildman–Crippen MR) is 125 cm³/mol. The summed E-state index contributed by atoms with van der Waals surface area (Å²) in [6, 6.07) is 13.5. The number of hydrogen-bond donors (Lipinski definition) is 1. The zero-order chi connectivity index (χ0) is 24.4. The molecule has 1 amide bonds. The van der Waals surface area contributed by atoms with Gasteiger partial charge in [-0.15, -0.1) is 0 Å². The highest BCUT2D eigenvalue weighted by Crippen LogP contribution is 2.44. The molecule has 1 aliphatic rings. The quantitative estimate of drug-likeness (QED) is 0.333. The lowest BCUT2D eigenvalue weighted by molar-refractivity contribution is -0.132. The third kappa shape index (κ3) is 3.83. The molecule has 0 spiro atoms. The van der Waals surface area contributed by atoms with E-state index in [1.165, 1.54) is 43.6 Å². The normalized spacial score (nSPS) is 16.9. The number of carbonyl (C=O) groups excluding carboxylic acids is 2. The molecule has 0 aliphatic carbocycles. The monoisotopic (exact) mass is 475 g/mol. The number of aliphatic hydroxyl groups is 1. The number of halogens is 1. The lowest BCUT2D eigenvalue weighted by Gasteiger charge is -2.25. The van der Waals surface area contributed by atoms with E-state index in [1.807, 2.05) is 6.07 Å². The molecule has 1 unspecified atom stereocenters. The number of benzene rings is 2. The molecule has 8 nitrogen and oxygen atoms in total. The maximum absolute atomic E-state index is 13.3. The van der Waals surface area contributed by atoms with Gasteiger partial charge in [0.15, 0.2) is 0 Å². The van der Waals surface area contributed by atoms with Gasteiger partial charge in [0.25, 0.3) is 11.7 Å². The standard InChI is InChI=1S/C25H18ClN3O5/c1-33-19-12-18(26)20(34-2)11-17(19)23(30)21-22(15-7-9-28-10-8-15)29(25(32)24(21)31)16-5-3-14(13-27)4-6-16/h3-12,22,30H,1-2H3/b23-21+. The van der Waals surface area contributed by atoms with E-state index in [2.05, 4.69) is 4.98 Å². The van der Waals surface area contributed by atoms with Crippen molar-refractivity contribution in [2.75, 3.05) is 19.1 Å². The average molecular weight is 476 g/mol. The van der Waals surface area contributed by atoms with E-state index < -0.39 is 23.5 Å². The SMILES string of the molecule is COc1cc(/C(O)=C2\C(=O)C(=O)N(c3ccc(C#N)cc3)C2c2ccncc2)c(OC)cc1Cl. The molecule has 1 aromatic heterocycles. The van der Waals surface area contributed by atoms with Gasteiger partial charge in [-0.3, -0.25) is 19.5 Å². The maximum atomic E-state index is 13.3. The van der Waals surface area contributed by atoms with Crippen LogP contribution in [-0.4, -0.2) is 36.0 Å². The summed E-state index contributed by atoms with van der Waals surface area (Å²) < 4.78 is 10.6. The third-order valence-corrected chi connectivity index (χ3v) is 5.77. The van der Waals surface area contributed by atoms with Crippen molar-refractivity contribution in [3.8, 4) is 17.6 Å². The fourth-order valence-corrected chi connectivity index (χ4v) is 4.08. The Morgan fingerprint density at radius 2 is 1.71 bits per heavy atom. The van der Waals surface area contributed by atoms with E-state index in [4.69, 9.17) is 26.3 Å². The Morgan fingerprint density at radius 3 is 2.29 bits per heavy atom. The maximum Gasteiger partial charge on any atom is 0.300 e. The first-order valence-corrected chi connectivity index (χ1v) is 10.4. The Balaban J connectivity index is 1.97. The van der Waals surface area contributed by atoms with E-state index in [1.54, 1.807) is 36.4 Å². The number of amides is 1. The molecule has 3 aromatic rings. The number of aromatic nitrogens is 1. The highest BCUT2D eigenvalue weighted by atomic mass is 35.5. The number of ketones is 1. The topological polar surface area (TPSA) is 113 Å². The van der Waals surface area contributed by atoms with E-state index >= 15 is 0 Å². The molecular formula is C25H18ClN3O5. The minimum Gasteiger partial charge on any atom is -0.507 e. The Labute approximate surface area is 200 Å². The molecule has 1 aliphatic heterocycles. The molecule has 0 bridgehead atoms. The minimum atomic E-state index is -0.956. The highest BCUT2D eigenvalue weighted by molar-refractivity contribution is 6.51. The summed E-state index contributed by atoms with van der Waals surface area (Å²) in [5, 5.41) is 20.7. The molecule has 34 heavy (non-hydrogen) atoms. The van der Waals surface area contributed by atoms with Crippen LogP contribution in [-0.2, 0) is 9.59 Å². The summed E-state index contributed by atoms with van der Waals surface area (Å²) in [5.41, 5.74) is 1.35. The second-order valence-electron chi connectivity index (χ2n) is 7.30. The number of methoxy groups -OCH3 is 2. The van der Waals surface area contributed by atoms with Gasteiger partial charge in [0.1, 0.15) is 17.3 Å². The fraction of sp³-hybridized carbons (Fsp3) is 0.120. The van der Waals surface area contributed by atoms with Gasteiger partial charge in [-0.25, -0.2) is 0 Å². The molecule has 0 saturated carbocycles. The van der Waals surface area contributed by atoms with E-state index in [0.29, 0.717) is 16.8 Å². The van der Waals surface area contributed by atoms with E-state index in [-0.39, 0.29) is 27.7 Å². The molecule has 9 heteroatoms. The number of pyridine rings is 1. The number of carbonyl (C=O) groups is 2. The number of hydrogen-bond acceptors (Lipinski definition) is 7. The molecule has 2 heterocycles. The lowest BCUT2D eigenvalue weighted by atomic mass is 9.95. The first-order valence-electron chi connectivity index (χ1n) is 10.0. The number of aliphatic hydroxyl groups excluding tert-OH is 1. The number of ether oxygens (including phenoxy) is 2. The van der Waals surface area contributed by atoms with Crippen molar-refractivity contribution < 1.29 is 24.2 Å². The van der Waals surface area contributed by atoms with E-state index in [0.717, 1.165) is 0 Å². The minimum absolute atomic E-state index is 0.136. The molecule has 2 aromatic carbocycles. The van der Waals surface area contributed by atoms with Gasteiger partial charge in [0.2, 0.25) is 0 Å². The fourth-order valence-electron chi connectivity index (χ4n) is 3.85. The summed E-state index contributed by atoms with van der Waals surface area (Å²) in [6.45, 7) is 0. The van der Waals surface area contributed by atoms with Gasteiger partial charge < -0.3 is 14.6 Å². The summed E-state index contributed by atoms with van der Waals surface area (Å²) in [7, 11) is 2.81. The van der Waals surface area contributed by atoms with Gasteiger partial charge in [0, 0.05) is 24.1 Å². The van der Waals surface area contributed by atoms with Crippen LogP contribution in [0.15, 0.2) is 66.5 Å². The second kappa shape index (κ2) is 9.25. The van der Waals surface area contributed by atoms with Crippen LogP contribution < -0.4 is 14.4 Å². The zero-order valence-electron chi connectivity index (χ0n) is 18.2. The number of nitrogens with zero attached hydrogens (tertiary/aromatic N) is 3. The molecule has 1 N–H and O–H groups in total. The number of nitriles is 1. The van der Waals surface area contributed by atoms with Crippen molar-refractivity contribution in [1.82, 2.24) is 4.98 Å². The van der Waals surface area contributed by atoms with Crippen molar-refractivity contribution in [2.24, 2.45) is 0 Å². The third-order valence-electron chi connectivity index (χ3n) is 5.47. The van der Waals surface area contributed by atoms with Crippen LogP contribution in [0.5, 0.6) is 11.5 Å². The molecular weight excluding hydrogens is 458 g/mol. The summed E-state index contributed by atoms with van der Waals surface area (Å²) in [5.74, 6) is -1.69. The highest BCUT2D eigenvalue weighted by Gasteiger charge is 2.47.